The standard InChI is InChI=1S/C12H21NO3/c1-12(2,3)16-11(15)13-10-7-4-5-8(10)9(14)6-7/h7-10,14H,4-6H2,1-3H3,(H,13,15)/t7-,8-,9+,10-/m0/s1. The summed E-state index contributed by atoms with van der Waals surface area (Å²) in [7, 11) is 0. The summed E-state index contributed by atoms with van der Waals surface area (Å²) in [5.41, 5.74) is -0.458. The van der Waals surface area contributed by atoms with Crippen LogP contribution in [0.3, 0.4) is 0 Å². The highest BCUT2D eigenvalue weighted by Gasteiger charge is 2.48. The molecule has 4 nitrogen and oxygen atoms in total. The minimum Gasteiger partial charge on any atom is -0.444 e. The third-order valence-corrected chi connectivity index (χ3v) is 3.56. The van der Waals surface area contributed by atoms with E-state index in [1.165, 1.54) is 0 Å². The molecule has 2 N–H and O–H groups in total. The van der Waals surface area contributed by atoms with Crippen molar-refractivity contribution in [2.45, 2.75) is 57.8 Å². The van der Waals surface area contributed by atoms with Gasteiger partial charge < -0.3 is 15.2 Å². The number of amides is 1. The molecule has 0 aromatic carbocycles. The van der Waals surface area contributed by atoms with Crippen molar-refractivity contribution in [1.82, 2.24) is 5.32 Å². The number of carbonyl (C=O) groups is 1. The summed E-state index contributed by atoms with van der Waals surface area (Å²) in [5, 5.41) is 12.6. The summed E-state index contributed by atoms with van der Waals surface area (Å²) >= 11 is 0. The number of alkyl carbamates (subject to hydrolysis) is 1. The molecule has 2 aliphatic rings. The second kappa shape index (κ2) is 3.91. The van der Waals surface area contributed by atoms with Crippen LogP contribution in [0.25, 0.3) is 0 Å². The van der Waals surface area contributed by atoms with Crippen LogP contribution in [-0.4, -0.2) is 28.9 Å². The van der Waals surface area contributed by atoms with Gasteiger partial charge in [-0.05, 0) is 46.0 Å². The molecule has 0 unspecified atom stereocenters. The Kier molecular flexibility index (Phi) is 2.86. The first-order chi connectivity index (χ1) is 7.37. The van der Waals surface area contributed by atoms with Crippen molar-refractivity contribution in [2.75, 3.05) is 0 Å². The number of fused-ring (bicyclic) bond motifs is 2. The number of carbonyl (C=O) groups excluding carboxylic acids is 1. The zero-order chi connectivity index (χ0) is 11.9. The largest absolute Gasteiger partial charge is 0.444 e. The Morgan fingerprint density at radius 3 is 2.50 bits per heavy atom. The van der Waals surface area contributed by atoms with E-state index in [0.29, 0.717) is 5.92 Å². The fraction of sp³-hybridized carbons (Fsp3) is 0.917. The van der Waals surface area contributed by atoms with Crippen molar-refractivity contribution < 1.29 is 14.6 Å². The minimum atomic E-state index is -0.458. The topological polar surface area (TPSA) is 58.6 Å². The van der Waals surface area contributed by atoms with Gasteiger partial charge in [-0.15, -0.1) is 0 Å². The van der Waals surface area contributed by atoms with Crippen molar-refractivity contribution in [3.63, 3.8) is 0 Å². The van der Waals surface area contributed by atoms with Crippen LogP contribution < -0.4 is 5.32 Å². The molecule has 0 saturated heterocycles. The van der Waals surface area contributed by atoms with Gasteiger partial charge in [-0.2, -0.15) is 0 Å². The van der Waals surface area contributed by atoms with Crippen LogP contribution in [0.1, 0.15) is 40.0 Å². The lowest BCUT2D eigenvalue weighted by atomic mass is 9.98. The first kappa shape index (κ1) is 11.7. The predicted octanol–water partition coefficient (Wildman–Crippen LogP) is 1.67. The van der Waals surface area contributed by atoms with E-state index in [9.17, 15) is 9.90 Å². The van der Waals surface area contributed by atoms with Gasteiger partial charge in [0.1, 0.15) is 5.60 Å². The van der Waals surface area contributed by atoms with Gasteiger partial charge in [0.05, 0.1) is 6.10 Å². The molecule has 4 atom stereocenters. The zero-order valence-electron chi connectivity index (χ0n) is 10.2. The van der Waals surface area contributed by atoms with E-state index in [1.54, 1.807) is 0 Å². The predicted molar refractivity (Wildman–Crippen MR) is 60.0 cm³/mol. The summed E-state index contributed by atoms with van der Waals surface area (Å²) in [5.74, 6) is 0.671. The number of aliphatic hydroxyl groups excluding tert-OH is 1. The van der Waals surface area contributed by atoms with Gasteiger partial charge in [-0.25, -0.2) is 4.79 Å². The molecule has 4 heteroatoms. The molecular weight excluding hydrogens is 206 g/mol. The normalized spacial score (nSPS) is 37.5. The maximum Gasteiger partial charge on any atom is 0.407 e. The van der Waals surface area contributed by atoms with Crippen molar-refractivity contribution >= 4 is 6.09 Å². The Morgan fingerprint density at radius 2 is 2.06 bits per heavy atom. The second-order valence-electron chi connectivity index (χ2n) is 5.98. The van der Waals surface area contributed by atoms with Crippen LogP contribution >= 0.6 is 0 Å². The van der Waals surface area contributed by atoms with Crippen LogP contribution in [0, 0.1) is 11.8 Å². The van der Waals surface area contributed by atoms with Gasteiger partial charge in [-0.3, -0.25) is 0 Å². The molecule has 2 rings (SSSR count). The Bertz CT molecular complexity index is 284. The molecule has 0 radical (unpaired) electrons. The highest BCUT2D eigenvalue weighted by molar-refractivity contribution is 5.68. The first-order valence-corrected chi connectivity index (χ1v) is 6.04. The lowest BCUT2D eigenvalue weighted by Gasteiger charge is -2.23. The molecule has 0 aromatic heterocycles. The van der Waals surface area contributed by atoms with E-state index in [2.05, 4.69) is 5.32 Å². The van der Waals surface area contributed by atoms with Crippen molar-refractivity contribution in [1.29, 1.82) is 0 Å². The van der Waals surface area contributed by atoms with Gasteiger partial charge in [0.15, 0.2) is 0 Å². The smallest absolute Gasteiger partial charge is 0.407 e. The van der Waals surface area contributed by atoms with Crippen LogP contribution in [0.5, 0.6) is 0 Å². The number of hydrogen-bond acceptors (Lipinski definition) is 3. The lowest BCUT2D eigenvalue weighted by Crippen LogP contribution is -2.42. The summed E-state index contributed by atoms with van der Waals surface area (Å²) in [6.07, 6.45) is 2.36. The summed E-state index contributed by atoms with van der Waals surface area (Å²) in [4.78, 5) is 11.6. The van der Waals surface area contributed by atoms with Gasteiger partial charge in [0, 0.05) is 12.0 Å². The maximum absolute atomic E-state index is 11.6. The van der Waals surface area contributed by atoms with Gasteiger partial charge in [0.2, 0.25) is 0 Å². The van der Waals surface area contributed by atoms with Gasteiger partial charge in [-0.1, -0.05) is 0 Å². The van der Waals surface area contributed by atoms with E-state index < -0.39 is 5.60 Å². The highest BCUT2D eigenvalue weighted by Crippen LogP contribution is 2.44. The summed E-state index contributed by atoms with van der Waals surface area (Å²) < 4.78 is 5.23. The summed E-state index contributed by atoms with van der Waals surface area (Å²) in [6, 6.07) is 0.116. The molecule has 2 bridgehead atoms. The molecule has 0 aromatic rings. The second-order valence-corrected chi connectivity index (χ2v) is 5.98. The van der Waals surface area contributed by atoms with E-state index in [-0.39, 0.29) is 24.2 Å². The van der Waals surface area contributed by atoms with Gasteiger partial charge >= 0.3 is 6.09 Å². The molecule has 92 valence electrons. The lowest BCUT2D eigenvalue weighted by molar-refractivity contribution is 0.0479. The van der Waals surface area contributed by atoms with E-state index >= 15 is 0 Å². The molecule has 1 amide bonds. The Labute approximate surface area is 96.4 Å². The van der Waals surface area contributed by atoms with E-state index in [4.69, 9.17) is 4.74 Å². The minimum absolute atomic E-state index is 0.116. The third kappa shape index (κ3) is 2.32. The molecule has 2 fully saturated rings. The van der Waals surface area contributed by atoms with Crippen LogP contribution in [-0.2, 0) is 4.74 Å². The summed E-state index contributed by atoms with van der Waals surface area (Å²) in [6.45, 7) is 5.56. The number of nitrogens with one attached hydrogen (secondary N) is 1. The van der Waals surface area contributed by atoms with Gasteiger partial charge in [0.25, 0.3) is 0 Å². The fourth-order valence-electron chi connectivity index (χ4n) is 2.96. The molecule has 0 spiro atoms. The van der Waals surface area contributed by atoms with Crippen molar-refractivity contribution in [2.24, 2.45) is 11.8 Å². The number of aliphatic hydroxyl groups is 1. The number of hydrogen-bond donors (Lipinski definition) is 2. The molecule has 2 saturated carbocycles. The molecule has 0 aliphatic heterocycles. The van der Waals surface area contributed by atoms with E-state index in [0.717, 1.165) is 19.3 Å². The van der Waals surface area contributed by atoms with Crippen LogP contribution in [0.4, 0.5) is 4.79 Å². The van der Waals surface area contributed by atoms with Crippen molar-refractivity contribution in [3.05, 3.63) is 0 Å². The quantitative estimate of drug-likeness (QED) is 0.716. The maximum atomic E-state index is 11.6. The fourth-order valence-corrected chi connectivity index (χ4v) is 2.96. The first-order valence-electron chi connectivity index (χ1n) is 6.04. The van der Waals surface area contributed by atoms with Crippen molar-refractivity contribution in [3.8, 4) is 0 Å². The molecule has 2 aliphatic carbocycles. The number of rotatable bonds is 1. The Morgan fingerprint density at radius 1 is 1.38 bits per heavy atom. The highest BCUT2D eigenvalue weighted by atomic mass is 16.6. The van der Waals surface area contributed by atoms with Crippen LogP contribution in [0.2, 0.25) is 0 Å². The molecule has 0 heterocycles. The van der Waals surface area contributed by atoms with E-state index in [1.807, 2.05) is 20.8 Å². The average molecular weight is 227 g/mol. The third-order valence-electron chi connectivity index (χ3n) is 3.56. The zero-order valence-corrected chi connectivity index (χ0v) is 10.2. The Hall–Kier alpha value is -0.770. The number of ether oxygens (including phenoxy) is 1. The average Bonchev–Trinajstić information content (AvgIpc) is 2.57. The SMILES string of the molecule is CC(C)(C)OC(=O)N[C@H]1[C@H]2CC[C@H]1[C@H](O)C2. The monoisotopic (exact) mass is 227 g/mol. The molecular formula is C12H21NO3. The Balaban J connectivity index is 1.89. The van der Waals surface area contributed by atoms with Crippen LogP contribution in [0.15, 0.2) is 0 Å². The molecule has 16 heavy (non-hydrogen) atoms.